The fourth-order valence-electron chi connectivity index (χ4n) is 4.76. The van der Waals surface area contributed by atoms with E-state index in [1.54, 1.807) is 24.3 Å². The third-order valence-electron chi connectivity index (χ3n) is 6.17. The van der Waals surface area contributed by atoms with Crippen LogP contribution >= 0.6 is 11.6 Å². The molecule has 2 heterocycles. The molecule has 0 aromatic heterocycles. The summed E-state index contributed by atoms with van der Waals surface area (Å²) < 4.78 is 0. The quantitative estimate of drug-likeness (QED) is 0.774. The number of hydrogen-bond donors (Lipinski definition) is 0. The molecule has 2 aliphatic rings. The predicted octanol–water partition coefficient (Wildman–Crippen LogP) is 4.33. The minimum absolute atomic E-state index is 0.0432. The van der Waals surface area contributed by atoms with Gasteiger partial charge in [0.2, 0.25) is 5.91 Å². The maximum Gasteiger partial charge on any atom is 0.253 e. The van der Waals surface area contributed by atoms with Gasteiger partial charge in [-0.25, -0.2) is 0 Å². The summed E-state index contributed by atoms with van der Waals surface area (Å²) in [6, 6.07) is 15.4. The lowest BCUT2D eigenvalue weighted by Crippen LogP contribution is -2.37. The number of carbonyl (C=O) groups excluding carboxylic acids is 2. The Labute approximate surface area is 171 Å². The number of hydrogen-bond acceptors (Lipinski definition) is 2. The standard InChI is InChI=1S/C23H25ClN2O2/c1-3-21(27)26-13-17-12-25(23(28)16-8-10-18(24)11-9-16)14-20(17)22(26)19-7-5-4-6-15(19)2/h4-11,17,20,22H,3,12-14H2,1-2H3/t17-,20-,22+/m0/s1. The molecule has 0 unspecified atom stereocenters. The van der Waals surface area contributed by atoms with Gasteiger partial charge < -0.3 is 9.80 Å². The Hall–Kier alpha value is -2.33. The Morgan fingerprint density at radius 1 is 1.04 bits per heavy atom. The van der Waals surface area contributed by atoms with Crippen molar-refractivity contribution in [2.45, 2.75) is 26.3 Å². The molecule has 2 amide bonds. The first kappa shape index (κ1) is 19.0. The molecule has 2 aromatic carbocycles. The lowest BCUT2D eigenvalue weighted by Gasteiger charge is -2.31. The lowest BCUT2D eigenvalue weighted by molar-refractivity contribution is -0.132. The number of rotatable bonds is 3. The van der Waals surface area contributed by atoms with Gasteiger partial charge in [-0.15, -0.1) is 0 Å². The van der Waals surface area contributed by atoms with Crippen LogP contribution in [0.15, 0.2) is 48.5 Å². The minimum atomic E-state index is 0.0432. The first-order chi connectivity index (χ1) is 13.5. The van der Waals surface area contributed by atoms with Crippen molar-refractivity contribution in [3.63, 3.8) is 0 Å². The normalized spacial score (nSPS) is 23.8. The van der Waals surface area contributed by atoms with Gasteiger partial charge in [0.05, 0.1) is 6.04 Å². The molecular weight excluding hydrogens is 372 g/mol. The van der Waals surface area contributed by atoms with Gasteiger partial charge >= 0.3 is 0 Å². The summed E-state index contributed by atoms with van der Waals surface area (Å²) in [5.41, 5.74) is 3.07. The Balaban J connectivity index is 1.61. The SMILES string of the molecule is CCC(=O)N1C[C@@H]2CN(C(=O)c3ccc(Cl)cc3)C[C@@H]2[C@H]1c1ccccc1C. The van der Waals surface area contributed by atoms with Crippen LogP contribution in [0, 0.1) is 18.8 Å². The van der Waals surface area contributed by atoms with Crippen molar-refractivity contribution in [1.82, 2.24) is 9.80 Å². The van der Waals surface area contributed by atoms with Crippen LogP contribution < -0.4 is 0 Å². The van der Waals surface area contributed by atoms with Crippen LogP contribution in [0.2, 0.25) is 5.02 Å². The number of aryl methyl sites for hydroxylation is 1. The van der Waals surface area contributed by atoms with Crippen LogP contribution in [0.3, 0.4) is 0 Å². The van der Waals surface area contributed by atoms with Crippen molar-refractivity contribution in [2.75, 3.05) is 19.6 Å². The zero-order chi connectivity index (χ0) is 19.8. The number of benzene rings is 2. The molecular formula is C23H25ClN2O2. The number of likely N-dealkylation sites (tertiary alicyclic amines) is 2. The molecule has 0 bridgehead atoms. The molecule has 0 radical (unpaired) electrons. The lowest BCUT2D eigenvalue weighted by atomic mass is 9.87. The molecule has 2 aliphatic heterocycles. The summed E-state index contributed by atoms with van der Waals surface area (Å²) in [6.45, 7) is 6.12. The smallest absolute Gasteiger partial charge is 0.253 e. The van der Waals surface area contributed by atoms with Gasteiger partial charge in [-0.05, 0) is 42.3 Å². The highest BCUT2D eigenvalue weighted by Crippen LogP contribution is 2.46. The Kier molecular flexibility index (Phi) is 5.15. The minimum Gasteiger partial charge on any atom is -0.338 e. The third-order valence-corrected chi connectivity index (χ3v) is 6.42. The number of nitrogens with zero attached hydrogens (tertiary/aromatic N) is 2. The molecule has 28 heavy (non-hydrogen) atoms. The topological polar surface area (TPSA) is 40.6 Å². The van der Waals surface area contributed by atoms with Crippen molar-refractivity contribution in [1.29, 1.82) is 0 Å². The number of carbonyl (C=O) groups is 2. The van der Waals surface area contributed by atoms with Crippen LogP contribution in [0.4, 0.5) is 0 Å². The van der Waals surface area contributed by atoms with Crippen molar-refractivity contribution in [3.8, 4) is 0 Å². The fraction of sp³-hybridized carbons (Fsp3) is 0.391. The van der Waals surface area contributed by atoms with Crippen molar-refractivity contribution in [3.05, 3.63) is 70.2 Å². The molecule has 146 valence electrons. The largest absolute Gasteiger partial charge is 0.338 e. The summed E-state index contributed by atoms with van der Waals surface area (Å²) in [5, 5.41) is 0.628. The average Bonchev–Trinajstić information content (AvgIpc) is 3.26. The van der Waals surface area contributed by atoms with Crippen LogP contribution in [-0.2, 0) is 4.79 Å². The summed E-state index contributed by atoms with van der Waals surface area (Å²) >= 11 is 5.95. The second-order valence-electron chi connectivity index (χ2n) is 7.84. The second-order valence-corrected chi connectivity index (χ2v) is 8.28. The van der Waals surface area contributed by atoms with E-state index in [-0.39, 0.29) is 23.8 Å². The van der Waals surface area contributed by atoms with E-state index >= 15 is 0 Å². The van der Waals surface area contributed by atoms with Crippen molar-refractivity contribution >= 4 is 23.4 Å². The van der Waals surface area contributed by atoms with E-state index in [4.69, 9.17) is 11.6 Å². The second kappa shape index (κ2) is 7.59. The first-order valence-corrected chi connectivity index (χ1v) is 10.3. The molecule has 2 saturated heterocycles. The molecule has 2 aromatic rings. The molecule has 0 aliphatic carbocycles. The van der Waals surface area contributed by atoms with E-state index in [0.717, 1.165) is 6.54 Å². The highest BCUT2D eigenvalue weighted by molar-refractivity contribution is 6.30. The zero-order valence-electron chi connectivity index (χ0n) is 16.3. The van der Waals surface area contributed by atoms with Gasteiger partial charge in [0.1, 0.15) is 0 Å². The molecule has 4 rings (SSSR count). The summed E-state index contributed by atoms with van der Waals surface area (Å²) in [5.74, 6) is 0.824. The molecule has 0 N–H and O–H groups in total. The van der Waals surface area contributed by atoms with E-state index in [2.05, 4.69) is 19.1 Å². The first-order valence-electron chi connectivity index (χ1n) is 9.89. The average molecular weight is 397 g/mol. The highest BCUT2D eigenvalue weighted by atomic mass is 35.5. The van der Waals surface area contributed by atoms with Gasteiger partial charge in [-0.1, -0.05) is 42.8 Å². The maximum absolute atomic E-state index is 13.0. The number of halogens is 1. The van der Waals surface area contributed by atoms with Gasteiger partial charge in [0.15, 0.2) is 0 Å². The summed E-state index contributed by atoms with van der Waals surface area (Å²) in [4.78, 5) is 29.6. The van der Waals surface area contributed by atoms with Crippen LogP contribution in [-0.4, -0.2) is 41.2 Å². The Morgan fingerprint density at radius 2 is 1.75 bits per heavy atom. The summed E-state index contributed by atoms with van der Waals surface area (Å²) in [6.07, 6.45) is 0.509. The number of fused-ring (bicyclic) bond motifs is 1. The van der Waals surface area contributed by atoms with E-state index in [1.165, 1.54) is 11.1 Å². The van der Waals surface area contributed by atoms with Crippen LogP contribution in [0.1, 0.15) is 40.9 Å². The van der Waals surface area contributed by atoms with E-state index in [9.17, 15) is 9.59 Å². The predicted molar refractivity (Wildman–Crippen MR) is 110 cm³/mol. The van der Waals surface area contributed by atoms with Crippen LogP contribution in [0.5, 0.6) is 0 Å². The Morgan fingerprint density at radius 3 is 2.43 bits per heavy atom. The molecule has 0 saturated carbocycles. The van der Waals surface area contributed by atoms with E-state index < -0.39 is 0 Å². The van der Waals surface area contributed by atoms with E-state index in [1.807, 2.05) is 28.9 Å². The Bertz CT molecular complexity index is 896. The number of amides is 2. The van der Waals surface area contributed by atoms with Gasteiger partial charge in [-0.3, -0.25) is 9.59 Å². The molecule has 3 atom stereocenters. The fourth-order valence-corrected chi connectivity index (χ4v) is 4.89. The van der Waals surface area contributed by atoms with Crippen LogP contribution in [0.25, 0.3) is 0 Å². The van der Waals surface area contributed by atoms with Crippen molar-refractivity contribution in [2.24, 2.45) is 11.8 Å². The van der Waals surface area contributed by atoms with Gasteiger partial charge in [0.25, 0.3) is 5.91 Å². The van der Waals surface area contributed by atoms with E-state index in [0.29, 0.717) is 36.0 Å². The molecule has 0 spiro atoms. The molecule has 4 nitrogen and oxygen atoms in total. The highest BCUT2D eigenvalue weighted by Gasteiger charge is 2.50. The van der Waals surface area contributed by atoms with Gasteiger partial charge in [0, 0.05) is 48.5 Å². The molecule has 2 fully saturated rings. The maximum atomic E-state index is 13.0. The zero-order valence-corrected chi connectivity index (χ0v) is 17.0. The molecule has 5 heteroatoms. The summed E-state index contributed by atoms with van der Waals surface area (Å²) in [7, 11) is 0. The van der Waals surface area contributed by atoms with Gasteiger partial charge in [-0.2, -0.15) is 0 Å². The van der Waals surface area contributed by atoms with Crippen molar-refractivity contribution < 1.29 is 9.59 Å². The third kappa shape index (κ3) is 3.30. The monoisotopic (exact) mass is 396 g/mol.